The van der Waals surface area contributed by atoms with Crippen LogP contribution in [0.25, 0.3) is 0 Å². The quantitative estimate of drug-likeness (QED) is 0.780. The Morgan fingerprint density at radius 2 is 2.28 bits per heavy atom. The summed E-state index contributed by atoms with van der Waals surface area (Å²) in [6, 6.07) is 5.02. The molecule has 1 aromatic rings. The van der Waals surface area contributed by atoms with Crippen LogP contribution in [0.3, 0.4) is 0 Å². The minimum Gasteiger partial charge on any atom is -0.488 e. The molecule has 0 aliphatic carbocycles. The average Bonchev–Trinajstić information content (AvgIpc) is 2.67. The van der Waals surface area contributed by atoms with Gasteiger partial charge < -0.3 is 9.47 Å². The van der Waals surface area contributed by atoms with Gasteiger partial charge in [-0.2, -0.15) is 0 Å². The van der Waals surface area contributed by atoms with Crippen molar-refractivity contribution in [2.45, 2.75) is 43.7 Å². The van der Waals surface area contributed by atoms with Gasteiger partial charge in [0.25, 0.3) is 0 Å². The van der Waals surface area contributed by atoms with Crippen molar-refractivity contribution in [1.82, 2.24) is 0 Å². The molecule has 1 saturated heterocycles. The number of halogens is 2. The predicted octanol–water partition coefficient (Wildman–Crippen LogP) is 4.06. The van der Waals surface area contributed by atoms with Gasteiger partial charge in [-0.1, -0.05) is 22.0 Å². The van der Waals surface area contributed by atoms with Crippen molar-refractivity contribution < 1.29 is 13.9 Å². The highest BCUT2D eigenvalue weighted by Gasteiger charge is 2.32. The lowest BCUT2D eigenvalue weighted by Crippen LogP contribution is -2.24. The van der Waals surface area contributed by atoms with E-state index in [-0.39, 0.29) is 17.5 Å². The summed E-state index contributed by atoms with van der Waals surface area (Å²) in [6.45, 7) is 4.55. The topological polar surface area (TPSA) is 18.5 Å². The molecule has 1 fully saturated rings. The highest BCUT2D eigenvalue weighted by Crippen LogP contribution is 2.30. The Morgan fingerprint density at radius 3 is 2.83 bits per heavy atom. The Hall–Kier alpha value is -0.610. The number of rotatable bonds is 4. The molecule has 0 aromatic heterocycles. The number of benzene rings is 1. The molecule has 0 amide bonds. The van der Waals surface area contributed by atoms with E-state index in [0.717, 1.165) is 18.4 Å². The third-order valence-corrected chi connectivity index (χ3v) is 3.78. The fraction of sp³-hybridized carbons (Fsp3) is 0.571. The zero-order chi connectivity index (χ0) is 13.2. The molecule has 0 radical (unpaired) electrons. The highest BCUT2D eigenvalue weighted by atomic mass is 79.9. The van der Waals surface area contributed by atoms with Crippen LogP contribution in [0, 0.1) is 5.82 Å². The molecular formula is C14H18BrFO2. The van der Waals surface area contributed by atoms with Crippen LogP contribution < -0.4 is 4.74 Å². The minimum absolute atomic E-state index is 0.0650. The molecule has 4 heteroatoms. The van der Waals surface area contributed by atoms with Crippen molar-refractivity contribution in [3.05, 3.63) is 29.6 Å². The molecule has 100 valence electrons. The summed E-state index contributed by atoms with van der Waals surface area (Å²) < 4.78 is 25.0. The van der Waals surface area contributed by atoms with E-state index in [0.29, 0.717) is 17.7 Å². The summed E-state index contributed by atoms with van der Waals surface area (Å²) >= 11 is 3.29. The third-order valence-electron chi connectivity index (χ3n) is 3.13. The van der Waals surface area contributed by atoms with E-state index in [1.807, 2.05) is 6.07 Å². The van der Waals surface area contributed by atoms with E-state index >= 15 is 0 Å². The monoisotopic (exact) mass is 316 g/mol. The Bertz CT molecular complexity index is 420. The third kappa shape index (κ3) is 3.45. The molecule has 18 heavy (non-hydrogen) atoms. The first kappa shape index (κ1) is 13.8. The number of hydrogen-bond acceptors (Lipinski definition) is 2. The SMILES string of the molecule is CC1(C)CCC(COc2ccc(CBr)cc2F)O1. The van der Waals surface area contributed by atoms with E-state index in [9.17, 15) is 4.39 Å². The first-order valence-corrected chi connectivity index (χ1v) is 7.27. The van der Waals surface area contributed by atoms with Crippen LogP contribution in [-0.4, -0.2) is 18.3 Å². The molecular weight excluding hydrogens is 299 g/mol. The Kier molecular flexibility index (Phi) is 4.28. The van der Waals surface area contributed by atoms with Crippen molar-refractivity contribution in [3.63, 3.8) is 0 Å². The summed E-state index contributed by atoms with van der Waals surface area (Å²) in [4.78, 5) is 0. The maximum atomic E-state index is 13.7. The summed E-state index contributed by atoms with van der Waals surface area (Å²) in [6.07, 6.45) is 2.05. The Labute approximate surface area is 116 Å². The molecule has 0 N–H and O–H groups in total. The largest absolute Gasteiger partial charge is 0.488 e. The van der Waals surface area contributed by atoms with Gasteiger partial charge in [0.15, 0.2) is 11.6 Å². The van der Waals surface area contributed by atoms with E-state index in [1.54, 1.807) is 6.07 Å². The summed E-state index contributed by atoms with van der Waals surface area (Å²) in [5.74, 6) is -0.0165. The summed E-state index contributed by atoms with van der Waals surface area (Å²) in [5.41, 5.74) is 0.824. The van der Waals surface area contributed by atoms with Crippen molar-refractivity contribution in [2.24, 2.45) is 0 Å². The average molecular weight is 317 g/mol. The van der Waals surface area contributed by atoms with Crippen LogP contribution in [0.1, 0.15) is 32.3 Å². The lowest BCUT2D eigenvalue weighted by Gasteiger charge is -2.19. The van der Waals surface area contributed by atoms with Crippen LogP contribution in [-0.2, 0) is 10.1 Å². The van der Waals surface area contributed by atoms with Gasteiger partial charge in [0, 0.05) is 5.33 Å². The van der Waals surface area contributed by atoms with Crippen molar-refractivity contribution in [3.8, 4) is 5.75 Å². The lowest BCUT2D eigenvalue weighted by molar-refractivity contribution is -0.0330. The maximum absolute atomic E-state index is 13.7. The number of hydrogen-bond donors (Lipinski definition) is 0. The summed E-state index contributed by atoms with van der Waals surface area (Å²) in [7, 11) is 0. The molecule has 0 saturated carbocycles. The molecule has 1 heterocycles. The van der Waals surface area contributed by atoms with Gasteiger partial charge in [0.05, 0.1) is 11.7 Å². The van der Waals surface area contributed by atoms with Crippen LogP contribution in [0.5, 0.6) is 5.75 Å². The zero-order valence-electron chi connectivity index (χ0n) is 10.7. The normalized spacial score (nSPS) is 22.1. The molecule has 0 bridgehead atoms. The van der Waals surface area contributed by atoms with Crippen LogP contribution in [0.4, 0.5) is 4.39 Å². The number of ether oxygens (including phenoxy) is 2. The maximum Gasteiger partial charge on any atom is 0.165 e. The molecule has 1 unspecified atom stereocenters. The standard InChI is InChI=1S/C14H18BrFO2/c1-14(2)6-5-11(18-14)9-17-13-4-3-10(8-15)7-12(13)16/h3-4,7,11H,5-6,8-9H2,1-2H3. The number of alkyl halides is 1. The molecule has 2 rings (SSSR count). The van der Waals surface area contributed by atoms with Crippen molar-refractivity contribution >= 4 is 15.9 Å². The molecule has 1 aliphatic rings. The second-order valence-electron chi connectivity index (χ2n) is 5.25. The lowest BCUT2D eigenvalue weighted by atomic mass is 10.1. The smallest absolute Gasteiger partial charge is 0.165 e. The van der Waals surface area contributed by atoms with E-state index < -0.39 is 0 Å². The second-order valence-corrected chi connectivity index (χ2v) is 5.81. The van der Waals surface area contributed by atoms with Gasteiger partial charge in [-0.05, 0) is 44.4 Å². The molecule has 1 atom stereocenters. The highest BCUT2D eigenvalue weighted by molar-refractivity contribution is 9.08. The van der Waals surface area contributed by atoms with E-state index in [2.05, 4.69) is 29.8 Å². The second kappa shape index (κ2) is 5.57. The van der Waals surface area contributed by atoms with Gasteiger partial charge in [0.2, 0.25) is 0 Å². The molecule has 1 aromatic carbocycles. The van der Waals surface area contributed by atoms with Gasteiger partial charge in [-0.25, -0.2) is 4.39 Å². The van der Waals surface area contributed by atoms with Crippen molar-refractivity contribution in [2.75, 3.05) is 6.61 Å². The van der Waals surface area contributed by atoms with E-state index in [4.69, 9.17) is 9.47 Å². The fourth-order valence-corrected chi connectivity index (χ4v) is 2.47. The molecule has 0 spiro atoms. The van der Waals surface area contributed by atoms with E-state index in [1.165, 1.54) is 6.07 Å². The molecule has 2 nitrogen and oxygen atoms in total. The van der Waals surface area contributed by atoms with Crippen LogP contribution in [0.15, 0.2) is 18.2 Å². The Balaban J connectivity index is 1.91. The minimum atomic E-state index is -0.316. The van der Waals surface area contributed by atoms with Crippen LogP contribution in [0.2, 0.25) is 0 Å². The Morgan fingerprint density at radius 1 is 1.50 bits per heavy atom. The van der Waals surface area contributed by atoms with Crippen LogP contribution >= 0.6 is 15.9 Å². The fourth-order valence-electron chi connectivity index (χ4n) is 2.12. The predicted molar refractivity (Wildman–Crippen MR) is 72.7 cm³/mol. The first-order valence-electron chi connectivity index (χ1n) is 6.15. The zero-order valence-corrected chi connectivity index (χ0v) is 12.3. The first-order chi connectivity index (χ1) is 8.50. The van der Waals surface area contributed by atoms with Gasteiger partial charge in [-0.3, -0.25) is 0 Å². The molecule has 1 aliphatic heterocycles. The van der Waals surface area contributed by atoms with Gasteiger partial charge in [0.1, 0.15) is 6.61 Å². The van der Waals surface area contributed by atoms with Gasteiger partial charge in [-0.15, -0.1) is 0 Å². The van der Waals surface area contributed by atoms with Gasteiger partial charge >= 0.3 is 0 Å². The van der Waals surface area contributed by atoms with Crippen molar-refractivity contribution in [1.29, 1.82) is 0 Å². The summed E-state index contributed by atoms with van der Waals surface area (Å²) in [5, 5.41) is 0.643.